The largest absolute Gasteiger partial charge is 0.496 e. The minimum absolute atomic E-state index is 0.0233. The van der Waals surface area contributed by atoms with Crippen molar-refractivity contribution in [3.63, 3.8) is 0 Å². The summed E-state index contributed by atoms with van der Waals surface area (Å²) in [6.45, 7) is 2.34. The van der Waals surface area contributed by atoms with Crippen molar-refractivity contribution < 1.29 is 14.2 Å². The second kappa shape index (κ2) is 5.58. The van der Waals surface area contributed by atoms with E-state index in [2.05, 4.69) is 5.32 Å². The van der Waals surface area contributed by atoms with Crippen LogP contribution in [0.4, 0.5) is 0 Å². The Kier molecular flexibility index (Phi) is 4.10. The molecule has 0 radical (unpaired) electrons. The van der Waals surface area contributed by atoms with Gasteiger partial charge in [0.2, 0.25) is 0 Å². The molecule has 1 heterocycles. The fourth-order valence-corrected chi connectivity index (χ4v) is 2.13. The smallest absolute Gasteiger partial charge is 0.138 e. The lowest BCUT2D eigenvalue weighted by Crippen LogP contribution is -2.33. The summed E-state index contributed by atoms with van der Waals surface area (Å²) in [5, 5.41) is 3.82. The molecule has 1 atom stereocenters. The second-order valence-corrected chi connectivity index (χ2v) is 4.20. The molecule has 1 saturated heterocycles. The van der Waals surface area contributed by atoms with Crippen LogP contribution in [-0.2, 0) is 4.74 Å². The third-order valence-electron chi connectivity index (χ3n) is 2.78. The predicted molar refractivity (Wildman–Crippen MR) is 66.1 cm³/mol. The molecule has 1 aliphatic heterocycles. The summed E-state index contributed by atoms with van der Waals surface area (Å²) in [5.41, 5.74) is 0.959. The summed E-state index contributed by atoms with van der Waals surface area (Å²) in [6, 6.07) is 3.63. The first kappa shape index (κ1) is 12.5. The van der Waals surface area contributed by atoms with Crippen molar-refractivity contribution in [3.8, 4) is 11.5 Å². The minimum atomic E-state index is -0.0233. The Morgan fingerprint density at radius 2 is 2.06 bits per heavy atom. The maximum Gasteiger partial charge on any atom is 0.138 e. The fourth-order valence-electron chi connectivity index (χ4n) is 1.90. The van der Waals surface area contributed by atoms with Crippen LogP contribution in [0.25, 0.3) is 0 Å². The average molecular weight is 258 g/mol. The maximum atomic E-state index is 6.06. The Labute approximate surface area is 106 Å². The minimum Gasteiger partial charge on any atom is -0.496 e. The van der Waals surface area contributed by atoms with Crippen molar-refractivity contribution in [2.45, 2.75) is 6.10 Å². The van der Waals surface area contributed by atoms with E-state index in [1.165, 1.54) is 0 Å². The molecule has 0 aromatic heterocycles. The molecular weight excluding hydrogens is 242 g/mol. The van der Waals surface area contributed by atoms with E-state index in [1.807, 2.05) is 6.07 Å². The first-order valence-electron chi connectivity index (χ1n) is 5.50. The highest BCUT2D eigenvalue weighted by Gasteiger charge is 2.21. The van der Waals surface area contributed by atoms with Gasteiger partial charge >= 0.3 is 0 Å². The maximum absolute atomic E-state index is 6.06. The highest BCUT2D eigenvalue weighted by atomic mass is 35.5. The van der Waals surface area contributed by atoms with Crippen LogP contribution in [0.15, 0.2) is 12.1 Å². The summed E-state index contributed by atoms with van der Waals surface area (Å²) in [7, 11) is 3.22. The van der Waals surface area contributed by atoms with Crippen LogP contribution >= 0.6 is 11.6 Å². The number of benzene rings is 1. The lowest BCUT2D eigenvalue weighted by atomic mass is 10.1. The first-order valence-corrected chi connectivity index (χ1v) is 5.87. The molecule has 94 valence electrons. The topological polar surface area (TPSA) is 39.7 Å². The molecule has 1 N–H and O–H groups in total. The second-order valence-electron chi connectivity index (χ2n) is 3.79. The van der Waals surface area contributed by atoms with Crippen LogP contribution in [0.2, 0.25) is 5.02 Å². The molecule has 2 rings (SSSR count). The van der Waals surface area contributed by atoms with Gasteiger partial charge in [0.25, 0.3) is 0 Å². The zero-order chi connectivity index (χ0) is 12.3. The number of ether oxygens (including phenoxy) is 3. The number of hydrogen-bond donors (Lipinski definition) is 1. The van der Waals surface area contributed by atoms with Gasteiger partial charge in [-0.2, -0.15) is 0 Å². The monoisotopic (exact) mass is 257 g/mol. The Morgan fingerprint density at radius 1 is 1.29 bits per heavy atom. The summed E-state index contributed by atoms with van der Waals surface area (Å²) < 4.78 is 16.2. The van der Waals surface area contributed by atoms with Gasteiger partial charge < -0.3 is 19.5 Å². The summed E-state index contributed by atoms with van der Waals surface area (Å²) in [6.07, 6.45) is -0.0233. The number of rotatable bonds is 3. The molecule has 1 aliphatic rings. The zero-order valence-electron chi connectivity index (χ0n) is 9.96. The fraction of sp³-hybridized carbons (Fsp3) is 0.500. The van der Waals surface area contributed by atoms with Crippen LogP contribution < -0.4 is 14.8 Å². The van der Waals surface area contributed by atoms with Crippen LogP contribution in [0.3, 0.4) is 0 Å². The molecule has 1 unspecified atom stereocenters. The van der Waals surface area contributed by atoms with Crippen molar-refractivity contribution in [2.24, 2.45) is 0 Å². The Balaban J connectivity index is 2.35. The molecule has 5 heteroatoms. The molecule has 1 aromatic carbocycles. The van der Waals surface area contributed by atoms with E-state index >= 15 is 0 Å². The van der Waals surface area contributed by atoms with Crippen molar-refractivity contribution in [2.75, 3.05) is 33.9 Å². The molecule has 17 heavy (non-hydrogen) atoms. The molecule has 0 spiro atoms. The van der Waals surface area contributed by atoms with Gasteiger partial charge in [0.05, 0.1) is 32.0 Å². The standard InChI is InChI=1S/C12H16ClNO3/c1-15-10-6-9(13)11(16-2)5-8(10)12-7-14-3-4-17-12/h5-6,12,14H,3-4,7H2,1-2H3. The highest BCUT2D eigenvalue weighted by molar-refractivity contribution is 6.32. The van der Waals surface area contributed by atoms with E-state index in [0.717, 1.165) is 24.4 Å². The van der Waals surface area contributed by atoms with Crippen molar-refractivity contribution in [1.82, 2.24) is 5.32 Å². The lowest BCUT2D eigenvalue weighted by Gasteiger charge is -2.25. The van der Waals surface area contributed by atoms with Crippen molar-refractivity contribution in [3.05, 3.63) is 22.7 Å². The predicted octanol–water partition coefficient (Wildman–Crippen LogP) is 2.02. The molecule has 1 fully saturated rings. The van der Waals surface area contributed by atoms with Crippen LogP contribution in [0, 0.1) is 0 Å². The van der Waals surface area contributed by atoms with E-state index in [4.69, 9.17) is 25.8 Å². The van der Waals surface area contributed by atoms with Crippen LogP contribution in [-0.4, -0.2) is 33.9 Å². The van der Waals surface area contributed by atoms with Crippen LogP contribution in [0.1, 0.15) is 11.7 Å². The normalized spacial score (nSPS) is 20.1. The molecule has 4 nitrogen and oxygen atoms in total. The molecule has 0 bridgehead atoms. The van der Waals surface area contributed by atoms with Crippen molar-refractivity contribution in [1.29, 1.82) is 0 Å². The quantitative estimate of drug-likeness (QED) is 0.899. The number of methoxy groups -OCH3 is 2. The molecule has 1 aromatic rings. The third-order valence-corrected chi connectivity index (χ3v) is 3.07. The van der Waals surface area contributed by atoms with Gasteiger partial charge in [-0.25, -0.2) is 0 Å². The SMILES string of the molecule is COc1cc(C2CNCCO2)c(OC)cc1Cl. The van der Waals surface area contributed by atoms with E-state index < -0.39 is 0 Å². The third kappa shape index (κ3) is 2.65. The number of nitrogens with one attached hydrogen (secondary N) is 1. The summed E-state index contributed by atoms with van der Waals surface area (Å²) in [5.74, 6) is 1.36. The molecular formula is C12H16ClNO3. The average Bonchev–Trinajstić information content (AvgIpc) is 2.39. The molecule has 0 amide bonds. The van der Waals surface area contributed by atoms with Gasteiger partial charge in [-0.05, 0) is 6.07 Å². The summed E-state index contributed by atoms with van der Waals surface area (Å²) in [4.78, 5) is 0. The van der Waals surface area contributed by atoms with E-state index in [1.54, 1.807) is 20.3 Å². The Hall–Kier alpha value is -0.970. The first-order chi connectivity index (χ1) is 8.26. The Bertz CT molecular complexity index is 392. The zero-order valence-corrected chi connectivity index (χ0v) is 10.7. The van der Waals surface area contributed by atoms with E-state index in [9.17, 15) is 0 Å². The van der Waals surface area contributed by atoms with E-state index in [0.29, 0.717) is 17.4 Å². The van der Waals surface area contributed by atoms with Gasteiger partial charge in [0, 0.05) is 24.7 Å². The van der Waals surface area contributed by atoms with Gasteiger partial charge in [-0.3, -0.25) is 0 Å². The summed E-state index contributed by atoms with van der Waals surface area (Å²) >= 11 is 6.06. The van der Waals surface area contributed by atoms with Gasteiger partial charge in [-0.15, -0.1) is 0 Å². The van der Waals surface area contributed by atoms with Gasteiger partial charge in [-0.1, -0.05) is 11.6 Å². The number of hydrogen-bond acceptors (Lipinski definition) is 4. The number of morpholine rings is 1. The lowest BCUT2D eigenvalue weighted by molar-refractivity contribution is 0.0261. The molecule has 0 aliphatic carbocycles. The van der Waals surface area contributed by atoms with Gasteiger partial charge in [0.1, 0.15) is 11.5 Å². The van der Waals surface area contributed by atoms with Crippen LogP contribution in [0.5, 0.6) is 11.5 Å². The Morgan fingerprint density at radius 3 is 2.65 bits per heavy atom. The van der Waals surface area contributed by atoms with Crippen molar-refractivity contribution >= 4 is 11.6 Å². The molecule has 0 saturated carbocycles. The van der Waals surface area contributed by atoms with E-state index in [-0.39, 0.29) is 6.10 Å². The van der Waals surface area contributed by atoms with Gasteiger partial charge in [0.15, 0.2) is 0 Å². The highest BCUT2D eigenvalue weighted by Crippen LogP contribution is 2.36. The number of halogens is 1.